The van der Waals surface area contributed by atoms with Gasteiger partial charge in [-0.2, -0.15) is 5.10 Å². The minimum absolute atomic E-state index is 0.0309. The van der Waals surface area contributed by atoms with Gasteiger partial charge in [-0.25, -0.2) is 4.39 Å². The highest BCUT2D eigenvalue weighted by Crippen LogP contribution is 2.43. The molecule has 0 saturated heterocycles. The fourth-order valence-electron chi connectivity index (χ4n) is 3.62. The molecule has 1 aromatic carbocycles. The quantitative estimate of drug-likeness (QED) is 0.585. The van der Waals surface area contributed by atoms with Gasteiger partial charge in [0.15, 0.2) is 0 Å². The first-order valence-electron chi connectivity index (χ1n) is 8.96. The molecule has 1 N–H and O–H groups in total. The minimum atomic E-state index is -0.477. The lowest BCUT2D eigenvalue weighted by Gasteiger charge is -2.19. The van der Waals surface area contributed by atoms with E-state index >= 15 is 0 Å². The number of hydrogen-bond donors (Lipinski definition) is 1. The number of fused-ring (bicyclic) bond motifs is 1. The van der Waals surface area contributed by atoms with Crippen molar-refractivity contribution in [2.24, 2.45) is 0 Å². The van der Waals surface area contributed by atoms with Gasteiger partial charge in [0.1, 0.15) is 5.82 Å². The van der Waals surface area contributed by atoms with E-state index in [0.29, 0.717) is 23.6 Å². The van der Waals surface area contributed by atoms with Crippen LogP contribution >= 0.6 is 23.2 Å². The van der Waals surface area contributed by atoms with Crippen molar-refractivity contribution >= 4 is 28.8 Å². The molecule has 0 radical (unpaired) electrons. The van der Waals surface area contributed by atoms with Crippen LogP contribution in [0.5, 0.6) is 0 Å². The number of hydrogen-bond acceptors (Lipinski definition) is 3. The maximum Gasteiger partial charge on any atom is 0.142 e. The van der Waals surface area contributed by atoms with E-state index in [4.69, 9.17) is 28.3 Å². The summed E-state index contributed by atoms with van der Waals surface area (Å²) in [6, 6.07) is 4.88. The average Bonchev–Trinajstić information content (AvgIpc) is 3.31. The third-order valence-electron chi connectivity index (χ3n) is 5.07. The van der Waals surface area contributed by atoms with E-state index < -0.39 is 5.82 Å². The highest BCUT2D eigenvalue weighted by Gasteiger charge is 2.26. The average molecular weight is 418 g/mol. The first kappa shape index (κ1) is 19.1. The van der Waals surface area contributed by atoms with Crippen LogP contribution < -0.4 is 0 Å². The van der Waals surface area contributed by atoms with Gasteiger partial charge in [-0.3, -0.25) is 9.67 Å². The van der Waals surface area contributed by atoms with Gasteiger partial charge in [0, 0.05) is 46.4 Å². The molecule has 4 rings (SSSR count). The van der Waals surface area contributed by atoms with Crippen molar-refractivity contribution in [1.29, 1.82) is 0 Å². The molecule has 7 heteroatoms. The van der Waals surface area contributed by atoms with Crippen LogP contribution in [-0.2, 0) is 13.0 Å². The normalized spacial score (nSPS) is 14.1. The monoisotopic (exact) mass is 417 g/mol. The molecule has 2 heterocycles. The zero-order valence-electron chi connectivity index (χ0n) is 15.2. The third-order valence-corrected chi connectivity index (χ3v) is 5.78. The highest BCUT2D eigenvalue weighted by atomic mass is 35.5. The van der Waals surface area contributed by atoms with E-state index in [0.717, 1.165) is 28.0 Å². The van der Waals surface area contributed by atoms with Crippen molar-refractivity contribution in [3.63, 3.8) is 0 Å². The second kappa shape index (κ2) is 7.66. The summed E-state index contributed by atoms with van der Waals surface area (Å²) >= 11 is 12.6. The van der Waals surface area contributed by atoms with Gasteiger partial charge in [-0.05, 0) is 29.3 Å². The third kappa shape index (κ3) is 3.34. The molecule has 0 bridgehead atoms. The van der Waals surface area contributed by atoms with E-state index in [1.807, 2.05) is 19.3 Å². The Balaban J connectivity index is 1.71. The summed E-state index contributed by atoms with van der Waals surface area (Å²) in [5, 5.41) is 13.8. The summed E-state index contributed by atoms with van der Waals surface area (Å²) in [7, 11) is 0. The van der Waals surface area contributed by atoms with E-state index in [1.165, 1.54) is 12.1 Å². The Kier molecular flexibility index (Phi) is 5.23. The number of rotatable bonds is 5. The largest absolute Gasteiger partial charge is 0.394 e. The maximum absolute atomic E-state index is 14.0. The summed E-state index contributed by atoms with van der Waals surface area (Å²) in [5.41, 5.74) is 5.45. The highest BCUT2D eigenvalue weighted by molar-refractivity contribution is 6.36. The molecule has 0 fully saturated rings. The predicted molar refractivity (Wildman–Crippen MR) is 109 cm³/mol. The summed E-state index contributed by atoms with van der Waals surface area (Å²) in [5.74, 6) is -0.652. The number of aromatic nitrogens is 3. The van der Waals surface area contributed by atoms with Gasteiger partial charge >= 0.3 is 0 Å². The number of allylic oxidation sites excluding steroid dienone is 2. The van der Waals surface area contributed by atoms with Gasteiger partial charge in [-0.1, -0.05) is 36.2 Å². The summed E-state index contributed by atoms with van der Waals surface area (Å²) in [6.07, 6.45) is 8.26. The van der Waals surface area contributed by atoms with Crippen molar-refractivity contribution in [2.75, 3.05) is 6.61 Å². The molecule has 0 spiro atoms. The molecule has 0 saturated carbocycles. The van der Waals surface area contributed by atoms with Crippen LogP contribution in [0.25, 0.3) is 16.7 Å². The van der Waals surface area contributed by atoms with Crippen LogP contribution in [-0.4, -0.2) is 26.5 Å². The molecule has 0 aliphatic heterocycles. The zero-order valence-corrected chi connectivity index (χ0v) is 16.7. The second-order valence-corrected chi connectivity index (χ2v) is 7.56. The predicted octanol–water partition coefficient (Wildman–Crippen LogP) is 5.13. The number of nitrogens with zero attached hydrogens (tertiary/aromatic N) is 3. The van der Waals surface area contributed by atoms with E-state index in [9.17, 15) is 4.39 Å². The first-order chi connectivity index (χ1) is 13.5. The summed E-state index contributed by atoms with van der Waals surface area (Å²) in [4.78, 5) is 4.60. The van der Waals surface area contributed by atoms with Crippen molar-refractivity contribution in [2.45, 2.75) is 25.8 Å². The van der Waals surface area contributed by atoms with Gasteiger partial charge in [-0.15, -0.1) is 0 Å². The minimum Gasteiger partial charge on any atom is -0.394 e. The lowest BCUT2D eigenvalue weighted by atomic mass is 9.89. The van der Waals surface area contributed by atoms with Gasteiger partial charge < -0.3 is 5.11 Å². The number of halogens is 3. The first-order valence-corrected chi connectivity index (χ1v) is 9.71. The Bertz CT molecular complexity index is 1080. The molecule has 4 nitrogen and oxygen atoms in total. The van der Waals surface area contributed by atoms with Gasteiger partial charge in [0.05, 0.1) is 30.1 Å². The Morgan fingerprint density at radius 1 is 1.25 bits per heavy atom. The van der Waals surface area contributed by atoms with Crippen molar-refractivity contribution < 1.29 is 9.50 Å². The van der Waals surface area contributed by atoms with Crippen LogP contribution in [0, 0.1) is 5.82 Å². The molecule has 0 amide bonds. The van der Waals surface area contributed by atoms with E-state index in [-0.39, 0.29) is 17.5 Å². The van der Waals surface area contributed by atoms with Gasteiger partial charge in [0.2, 0.25) is 0 Å². The van der Waals surface area contributed by atoms with E-state index in [1.54, 1.807) is 10.9 Å². The zero-order chi connectivity index (χ0) is 19.8. The molecular weight excluding hydrogens is 400 g/mol. The SMILES string of the molecule is C[C@@H](C1=CCc2ncc(-c3cnn(CCO)c3)cc21)c1c(Cl)ccc(F)c1Cl. The van der Waals surface area contributed by atoms with Crippen LogP contribution in [0.15, 0.2) is 42.9 Å². The smallest absolute Gasteiger partial charge is 0.142 e. The topological polar surface area (TPSA) is 50.9 Å². The molecule has 1 aliphatic rings. The molecule has 1 aliphatic carbocycles. The Morgan fingerprint density at radius 3 is 2.86 bits per heavy atom. The number of aliphatic hydroxyl groups is 1. The summed E-state index contributed by atoms with van der Waals surface area (Å²) in [6.45, 7) is 2.44. The lowest BCUT2D eigenvalue weighted by molar-refractivity contribution is 0.269. The van der Waals surface area contributed by atoms with Gasteiger partial charge in [0.25, 0.3) is 0 Å². The number of pyridine rings is 1. The molecular formula is C21H18Cl2FN3O. The van der Waals surface area contributed by atoms with Crippen molar-refractivity contribution in [3.05, 3.63) is 75.5 Å². The molecule has 3 aromatic rings. The molecule has 0 unspecified atom stereocenters. The van der Waals surface area contributed by atoms with Crippen LogP contribution in [0.3, 0.4) is 0 Å². The molecule has 144 valence electrons. The fourth-order valence-corrected chi connectivity index (χ4v) is 4.32. The van der Waals surface area contributed by atoms with Crippen LogP contribution in [0.1, 0.15) is 29.7 Å². The van der Waals surface area contributed by atoms with Crippen LogP contribution in [0.2, 0.25) is 10.0 Å². The van der Waals surface area contributed by atoms with Crippen molar-refractivity contribution in [1.82, 2.24) is 14.8 Å². The molecule has 1 atom stereocenters. The Hall–Kier alpha value is -2.21. The standard InChI is InChI=1S/C21H18Cl2FN3O/c1-12(20-17(22)3-4-18(24)21(20)23)15-2-5-19-16(15)8-13(9-25-19)14-10-26-27(11-14)6-7-28/h2-4,8-12,28H,5-7H2,1H3/t12-/m0/s1. The van der Waals surface area contributed by atoms with Crippen molar-refractivity contribution in [3.8, 4) is 11.1 Å². The fraction of sp³-hybridized carbons (Fsp3) is 0.238. The maximum atomic E-state index is 14.0. The Morgan fingerprint density at radius 2 is 2.07 bits per heavy atom. The lowest BCUT2D eigenvalue weighted by Crippen LogP contribution is -2.02. The molecule has 2 aromatic heterocycles. The van der Waals surface area contributed by atoms with Crippen LogP contribution in [0.4, 0.5) is 4.39 Å². The Labute approximate surface area is 172 Å². The number of benzene rings is 1. The summed E-state index contributed by atoms with van der Waals surface area (Å²) < 4.78 is 15.7. The molecule has 28 heavy (non-hydrogen) atoms. The second-order valence-electron chi connectivity index (χ2n) is 6.78. The number of aliphatic hydroxyl groups excluding tert-OH is 1. The van der Waals surface area contributed by atoms with E-state index in [2.05, 4.69) is 22.2 Å².